The zero-order chi connectivity index (χ0) is 14.7. The number of hydrogen-bond donors (Lipinski definition) is 3. The van der Waals surface area contributed by atoms with E-state index in [4.69, 9.17) is 16.2 Å². The number of nitrogens with zero attached hydrogens (tertiary/aromatic N) is 3. The summed E-state index contributed by atoms with van der Waals surface area (Å²) < 4.78 is 19.1. The lowest BCUT2D eigenvalue weighted by molar-refractivity contribution is 0.231. The van der Waals surface area contributed by atoms with E-state index >= 15 is 0 Å². The quantitative estimate of drug-likeness (QED) is 0.780. The molecule has 2 aromatic rings. The van der Waals surface area contributed by atoms with E-state index in [0.717, 1.165) is 0 Å². The Morgan fingerprint density at radius 1 is 1.15 bits per heavy atom. The van der Waals surface area contributed by atoms with Gasteiger partial charge in [0, 0.05) is 11.8 Å². The third-order valence-electron chi connectivity index (χ3n) is 2.22. The Morgan fingerprint density at radius 2 is 1.80 bits per heavy atom. The molecule has 0 radical (unpaired) electrons. The second kappa shape index (κ2) is 5.55. The minimum absolute atomic E-state index is 0.0137. The van der Waals surface area contributed by atoms with Crippen molar-refractivity contribution in [1.82, 2.24) is 15.0 Å². The first-order chi connectivity index (χ1) is 9.44. The van der Waals surface area contributed by atoms with Crippen LogP contribution in [-0.2, 0) is 0 Å². The maximum Gasteiger partial charge on any atom is 0.233 e. The number of halogens is 1. The molecule has 0 fully saturated rings. The first-order valence-corrected chi connectivity index (χ1v) is 5.94. The number of nitrogens with two attached hydrogens (primary N) is 2. The average molecular weight is 278 g/mol. The summed E-state index contributed by atoms with van der Waals surface area (Å²) >= 11 is 0. The number of benzene rings is 1. The van der Waals surface area contributed by atoms with Crippen LogP contribution in [0.3, 0.4) is 0 Å². The van der Waals surface area contributed by atoms with Crippen LogP contribution >= 0.6 is 0 Å². The van der Waals surface area contributed by atoms with Crippen LogP contribution < -0.4 is 21.5 Å². The number of nitrogen functional groups attached to an aromatic ring is 2. The Labute approximate surface area is 115 Å². The SMILES string of the molecule is CC(C)Oc1ccc(Nc2nc(N)nc(N)n2)cc1F. The Balaban J connectivity index is 2.19. The molecule has 0 unspecified atom stereocenters. The van der Waals surface area contributed by atoms with Crippen molar-refractivity contribution in [3.8, 4) is 5.75 Å². The number of ether oxygens (including phenoxy) is 1. The van der Waals surface area contributed by atoms with E-state index in [1.165, 1.54) is 12.1 Å². The number of rotatable bonds is 4. The lowest BCUT2D eigenvalue weighted by atomic mass is 10.3. The molecule has 0 aliphatic carbocycles. The fourth-order valence-corrected chi connectivity index (χ4v) is 1.52. The van der Waals surface area contributed by atoms with Gasteiger partial charge in [-0.15, -0.1) is 0 Å². The molecule has 7 nitrogen and oxygen atoms in total. The largest absolute Gasteiger partial charge is 0.488 e. The van der Waals surface area contributed by atoms with Crippen LogP contribution in [0.2, 0.25) is 0 Å². The van der Waals surface area contributed by atoms with Crippen molar-refractivity contribution in [3.63, 3.8) is 0 Å². The summed E-state index contributed by atoms with van der Waals surface area (Å²) in [4.78, 5) is 11.3. The van der Waals surface area contributed by atoms with E-state index in [1.807, 2.05) is 13.8 Å². The monoisotopic (exact) mass is 278 g/mol. The van der Waals surface area contributed by atoms with Gasteiger partial charge in [-0.05, 0) is 26.0 Å². The van der Waals surface area contributed by atoms with E-state index in [9.17, 15) is 4.39 Å². The summed E-state index contributed by atoms with van der Waals surface area (Å²) in [7, 11) is 0. The van der Waals surface area contributed by atoms with Crippen LogP contribution in [0.4, 0.5) is 27.9 Å². The molecule has 1 aromatic heterocycles. The highest BCUT2D eigenvalue weighted by Crippen LogP contribution is 2.23. The van der Waals surface area contributed by atoms with Gasteiger partial charge >= 0.3 is 0 Å². The highest BCUT2D eigenvalue weighted by molar-refractivity contribution is 5.56. The first kappa shape index (κ1) is 13.8. The molecule has 0 spiro atoms. The molecular weight excluding hydrogens is 263 g/mol. The molecule has 0 aliphatic rings. The lowest BCUT2D eigenvalue weighted by Gasteiger charge is -2.12. The van der Waals surface area contributed by atoms with Crippen LogP contribution in [0.15, 0.2) is 18.2 Å². The smallest absolute Gasteiger partial charge is 0.233 e. The first-order valence-electron chi connectivity index (χ1n) is 5.94. The Bertz CT molecular complexity index is 599. The lowest BCUT2D eigenvalue weighted by Crippen LogP contribution is -2.08. The van der Waals surface area contributed by atoms with Crippen molar-refractivity contribution in [1.29, 1.82) is 0 Å². The second-order valence-electron chi connectivity index (χ2n) is 4.31. The van der Waals surface area contributed by atoms with Crippen LogP contribution in [0.25, 0.3) is 0 Å². The number of nitrogens with one attached hydrogen (secondary N) is 1. The second-order valence-corrected chi connectivity index (χ2v) is 4.31. The predicted octanol–water partition coefficient (Wildman–Crippen LogP) is 1.71. The summed E-state index contributed by atoms with van der Waals surface area (Å²) in [6.45, 7) is 3.64. The average Bonchev–Trinajstić information content (AvgIpc) is 2.31. The molecule has 5 N–H and O–H groups in total. The summed E-state index contributed by atoms with van der Waals surface area (Å²) in [5.74, 6) is -0.189. The minimum Gasteiger partial charge on any atom is -0.488 e. The number of aromatic nitrogens is 3. The third kappa shape index (κ3) is 3.44. The van der Waals surface area contributed by atoms with Crippen molar-refractivity contribution in [2.45, 2.75) is 20.0 Å². The molecule has 0 atom stereocenters. The Morgan fingerprint density at radius 3 is 2.35 bits per heavy atom. The van der Waals surface area contributed by atoms with Gasteiger partial charge in [-0.3, -0.25) is 0 Å². The fourth-order valence-electron chi connectivity index (χ4n) is 1.52. The molecule has 106 valence electrons. The van der Waals surface area contributed by atoms with Crippen LogP contribution in [-0.4, -0.2) is 21.1 Å². The Hall–Kier alpha value is -2.64. The molecular formula is C12H15FN6O. The molecule has 0 saturated carbocycles. The van der Waals surface area contributed by atoms with Gasteiger partial charge in [-0.2, -0.15) is 15.0 Å². The van der Waals surface area contributed by atoms with Crippen molar-refractivity contribution in [3.05, 3.63) is 24.0 Å². The van der Waals surface area contributed by atoms with Crippen molar-refractivity contribution < 1.29 is 9.13 Å². The topological polar surface area (TPSA) is 112 Å². The van der Waals surface area contributed by atoms with Gasteiger partial charge < -0.3 is 21.5 Å². The van der Waals surface area contributed by atoms with E-state index in [2.05, 4.69) is 20.3 Å². The van der Waals surface area contributed by atoms with Gasteiger partial charge in [0.05, 0.1) is 6.10 Å². The standard InChI is InChI=1S/C12H15FN6O/c1-6(2)20-9-4-3-7(5-8(9)13)16-12-18-10(14)17-11(15)19-12/h3-6H,1-2H3,(H5,14,15,16,17,18,19). The maximum absolute atomic E-state index is 13.8. The highest BCUT2D eigenvalue weighted by atomic mass is 19.1. The van der Waals surface area contributed by atoms with Crippen molar-refractivity contribution >= 4 is 23.5 Å². The minimum atomic E-state index is -0.487. The van der Waals surface area contributed by atoms with Gasteiger partial charge in [-0.25, -0.2) is 4.39 Å². The van der Waals surface area contributed by atoms with Gasteiger partial charge in [0.15, 0.2) is 11.6 Å². The van der Waals surface area contributed by atoms with Gasteiger partial charge in [0.2, 0.25) is 17.8 Å². The fraction of sp³-hybridized carbons (Fsp3) is 0.250. The van der Waals surface area contributed by atoms with Crippen LogP contribution in [0.5, 0.6) is 5.75 Å². The molecule has 20 heavy (non-hydrogen) atoms. The highest BCUT2D eigenvalue weighted by Gasteiger charge is 2.08. The van der Waals surface area contributed by atoms with Crippen LogP contribution in [0, 0.1) is 5.82 Å². The molecule has 8 heteroatoms. The van der Waals surface area contributed by atoms with E-state index in [0.29, 0.717) is 5.69 Å². The zero-order valence-corrected chi connectivity index (χ0v) is 11.1. The van der Waals surface area contributed by atoms with Gasteiger partial charge in [0.1, 0.15) is 0 Å². The third-order valence-corrected chi connectivity index (χ3v) is 2.22. The van der Waals surface area contributed by atoms with E-state index in [-0.39, 0.29) is 29.7 Å². The van der Waals surface area contributed by atoms with Gasteiger partial charge in [-0.1, -0.05) is 0 Å². The van der Waals surface area contributed by atoms with E-state index in [1.54, 1.807) is 6.07 Å². The molecule has 2 rings (SSSR count). The molecule has 0 amide bonds. The van der Waals surface area contributed by atoms with Crippen molar-refractivity contribution in [2.24, 2.45) is 0 Å². The maximum atomic E-state index is 13.8. The van der Waals surface area contributed by atoms with Crippen LogP contribution in [0.1, 0.15) is 13.8 Å². The normalized spacial score (nSPS) is 10.6. The van der Waals surface area contributed by atoms with Gasteiger partial charge in [0.25, 0.3) is 0 Å². The summed E-state index contributed by atoms with van der Waals surface area (Å²) in [6.07, 6.45) is -0.105. The molecule has 0 bridgehead atoms. The molecule has 0 aliphatic heterocycles. The molecule has 0 saturated heterocycles. The zero-order valence-electron chi connectivity index (χ0n) is 11.1. The molecule has 1 aromatic carbocycles. The summed E-state index contributed by atoms with van der Waals surface area (Å²) in [5.41, 5.74) is 11.3. The predicted molar refractivity (Wildman–Crippen MR) is 74.1 cm³/mol. The Kier molecular flexibility index (Phi) is 3.83. The summed E-state index contributed by atoms with van der Waals surface area (Å²) in [5, 5.41) is 2.79. The summed E-state index contributed by atoms with van der Waals surface area (Å²) in [6, 6.07) is 4.43. The number of anilines is 4. The molecule has 1 heterocycles. The number of hydrogen-bond acceptors (Lipinski definition) is 7. The van der Waals surface area contributed by atoms with Crippen molar-refractivity contribution in [2.75, 3.05) is 16.8 Å². The van der Waals surface area contributed by atoms with E-state index < -0.39 is 5.82 Å².